The zero-order chi connectivity index (χ0) is 16.9. The van der Waals surface area contributed by atoms with Gasteiger partial charge in [-0.15, -0.1) is 0 Å². The molecule has 1 radical (unpaired) electrons. The number of quaternary nitrogens is 1. The number of nitrogens with zero attached hydrogens (tertiary/aromatic N) is 2. The maximum absolute atomic E-state index is 12.7. The van der Waals surface area contributed by atoms with E-state index in [1.54, 1.807) is 0 Å². The second-order valence-electron chi connectivity index (χ2n) is 5.90. The van der Waals surface area contributed by atoms with Crippen molar-refractivity contribution in [2.45, 2.75) is 47.6 Å². The van der Waals surface area contributed by atoms with Gasteiger partial charge in [0.25, 0.3) is 5.91 Å². The molecule has 0 aliphatic heterocycles. The topological polar surface area (TPSA) is 33.5 Å². The summed E-state index contributed by atoms with van der Waals surface area (Å²) in [6, 6.07) is 3.54. The Balaban J connectivity index is 0.00000484. The van der Waals surface area contributed by atoms with Crippen molar-refractivity contribution in [1.29, 1.82) is 0 Å². The number of nitrogens with one attached hydrogen (secondary N) is 1. The Morgan fingerprint density at radius 1 is 1.17 bits per heavy atom. The molecule has 23 heavy (non-hydrogen) atoms. The summed E-state index contributed by atoms with van der Waals surface area (Å²) in [7, 11) is 0. The molecule has 0 fully saturated rings. The maximum Gasteiger partial charge on any atom is 0.282 e. The van der Waals surface area contributed by atoms with Crippen LogP contribution in [0, 0.1) is 20.4 Å². The second kappa shape index (κ2) is 9.52. The average Bonchev–Trinajstić information content (AvgIpc) is 2.52. The zero-order valence-corrected chi connectivity index (χ0v) is 18.1. The van der Waals surface area contributed by atoms with Crippen molar-refractivity contribution in [3.63, 3.8) is 0 Å². The Labute approximate surface area is 165 Å². The van der Waals surface area contributed by atoms with E-state index in [9.17, 15) is 4.79 Å². The predicted octanol–water partition coefficient (Wildman–Crippen LogP) is 4.06. The Bertz CT molecular complexity index is 557. The molecule has 123 valence electrons. The molecule has 0 heterocycles. The minimum Gasteiger partial charge on any atom is -0.321 e. The molecule has 1 amide bonds. The van der Waals surface area contributed by atoms with Gasteiger partial charge in [0.1, 0.15) is 0 Å². The van der Waals surface area contributed by atoms with Gasteiger partial charge in [0.05, 0.1) is 26.2 Å². The van der Waals surface area contributed by atoms with Crippen LogP contribution in [0.1, 0.15) is 38.8 Å². The maximum atomic E-state index is 12.7. The largest absolute Gasteiger partial charge is 0.321 e. The molecule has 0 bridgehead atoms. The smallest absolute Gasteiger partial charge is 0.282 e. The number of benzene rings is 1. The monoisotopic (exact) mass is 391 g/mol. The average molecular weight is 391 g/mol. The Morgan fingerprint density at radius 3 is 1.96 bits per heavy atom. The fourth-order valence-electron chi connectivity index (χ4n) is 3.17. The molecule has 0 spiro atoms. The van der Waals surface area contributed by atoms with Crippen molar-refractivity contribution in [2.24, 2.45) is 0 Å². The third-order valence-corrected chi connectivity index (χ3v) is 4.99. The fourth-order valence-corrected chi connectivity index (χ4v) is 3.17. The number of hydrogen-bond donors (Lipinski definition) is 1. The molecule has 5 heteroatoms. The van der Waals surface area contributed by atoms with Gasteiger partial charge in [-0.05, 0) is 52.7 Å². The van der Waals surface area contributed by atoms with Crippen LogP contribution in [0.2, 0.25) is 0 Å². The van der Waals surface area contributed by atoms with E-state index in [1.165, 1.54) is 0 Å². The number of carbonyl (C=O) groups excluding carboxylic acids is 1. The van der Waals surface area contributed by atoms with E-state index in [2.05, 4.69) is 30.9 Å². The molecule has 4 nitrogen and oxygen atoms in total. The van der Waals surface area contributed by atoms with Crippen molar-refractivity contribution in [1.82, 2.24) is 0 Å². The quantitative estimate of drug-likeness (QED) is 0.576. The van der Waals surface area contributed by atoms with Gasteiger partial charge in [0.15, 0.2) is 11.7 Å². The van der Waals surface area contributed by atoms with Crippen molar-refractivity contribution in [3.05, 3.63) is 34.7 Å². The van der Waals surface area contributed by atoms with Crippen molar-refractivity contribution >= 4 is 17.3 Å². The van der Waals surface area contributed by atoms with Gasteiger partial charge in [-0.25, -0.2) is 4.85 Å². The number of carbonyl (C=O) groups is 1. The molecule has 1 aromatic carbocycles. The van der Waals surface area contributed by atoms with E-state index < -0.39 is 0 Å². The first-order valence-electron chi connectivity index (χ1n) is 8.00. The summed E-state index contributed by atoms with van der Waals surface area (Å²) in [6.45, 7) is 22.2. The summed E-state index contributed by atoms with van der Waals surface area (Å²) in [5.74, 6) is 0.0484. The number of amides is 1. The number of anilines is 1. The summed E-state index contributed by atoms with van der Waals surface area (Å²) in [5.41, 5.74) is 3.33. The molecule has 1 unspecified atom stereocenters. The predicted molar refractivity (Wildman–Crippen MR) is 92.2 cm³/mol. The van der Waals surface area contributed by atoms with Crippen LogP contribution in [0.4, 0.5) is 11.4 Å². The van der Waals surface area contributed by atoms with E-state index in [0.29, 0.717) is 5.69 Å². The number of rotatable bonds is 6. The SMILES string of the molecule is [C-]#[N+]c1cc(C)c(NC(=O)C(C)[N+](CC)(CC)CC)c(C)c1.[Y]. The van der Waals surface area contributed by atoms with E-state index >= 15 is 0 Å². The van der Waals surface area contributed by atoms with Gasteiger partial charge in [-0.1, -0.05) is 12.1 Å². The van der Waals surface area contributed by atoms with Gasteiger partial charge in [-0.2, -0.15) is 0 Å². The minimum atomic E-state index is -0.0978. The molecular weight excluding hydrogens is 363 g/mol. The summed E-state index contributed by atoms with van der Waals surface area (Å²) in [6.07, 6.45) is 0. The third-order valence-electron chi connectivity index (χ3n) is 4.99. The van der Waals surface area contributed by atoms with Gasteiger partial charge >= 0.3 is 0 Å². The van der Waals surface area contributed by atoms with Crippen LogP contribution >= 0.6 is 0 Å². The molecule has 1 atom stereocenters. The van der Waals surface area contributed by atoms with Crippen molar-refractivity contribution in [2.75, 3.05) is 25.0 Å². The van der Waals surface area contributed by atoms with Crippen LogP contribution in [0.3, 0.4) is 0 Å². The Kier molecular flexibility index (Phi) is 9.21. The summed E-state index contributed by atoms with van der Waals surface area (Å²) in [5, 5.41) is 3.08. The number of hydrogen-bond acceptors (Lipinski definition) is 1. The molecule has 0 saturated carbocycles. The van der Waals surface area contributed by atoms with Crippen LogP contribution < -0.4 is 5.32 Å². The molecule has 0 aliphatic carbocycles. The molecule has 1 N–H and O–H groups in total. The Morgan fingerprint density at radius 2 is 1.61 bits per heavy atom. The molecule has 0 saturated heterocycles. The van der Waals surface area contributed by atoms with Crippen LogP contribution in [0.5, 0.6) is 0 Å². The molecule has 1 aromatic rings. The number of aryl methyl sites for hydroxylation is 2. The van der Waals surface area contributed by atoms with E-state index in [0.717, 1.165) is 40.9 Å². The first kappa shape index (κ1) is 22.2. The van der Waals surface area contributed by atoms with Crippen LogP contribution in [0.15, 0.2) is 12.1 Å². The molecule has 0 aromatic heterocycles. The zero-order valence-electron chi connectivity index (χ0n) is 15.2. The fraction of sp³-hybridized carbons (Fsp3) is 0.556. The van der Waals surface area contributed by atoms with Crippen molar-refractivity contribution < 1.29 is 42.0 Å². The van der Waals surface area contributed by atoms with Crippen LogP contribution in [-0.4, -0.2) is 36.1 Å². The van der Waals surface area contributed by atoms with E-state index in [1.807, 2.05) is 32.9 Å². The first-order chi connectivity index (χ1) is 10.3. The Hall–Kier alpha value is -0.756. The molecule has 1 rings (SSSR count). The summed E-state index contributed by atoms with van der Waals surface area (Å²) >= 11 is 0. The summed E-state index contributed by atoms with van der Waals surface area (Å²) in [4.78, 5) is 16.2. The second-order valence-corrected chi connectivity index (χ2v) is 5.90. The molecule has 0 aliphatic rings. The standard InChI is InChI=1S/C18H27N3O.Y/c1-8-21(9-2,10-3)15(6)18(22)20-17-13(4)11-16(19-7)12-14(17)5;/h11-12,15H,8-10H2,1-6H3;/p+1. The molecular formula is C18H28N3OY+. The third kappa shape index (κ3) is 4.86. The van der Waals surface area contributed by atoms with Crippen molar-refractivity contribution in [3.8, 4) is 0 Å². The van der Waals surface area contributed by atoms with Gasteiger partial charge in [0.2, 0.25) is 0 Å². The van der Waals surface area contributed by atoms with E-state index in [-0.39, 0.29) is 44.7 Å². The summed E-state index contributed by atoms with van der Waals surface area (Å²) < 4.78 is 0.782. The van der Waals surface area contributed by atoms with Gasteiger partial charge < -0.3 is 9.80 Å². The first-order valence-corrected chi connectivity index (χ1v) is 8.00. The van der Waals surface area contributed by atoms with E-state index in [4.69, 9.17) is 6.57 Å². The van der Waals surface area contributed by atoms with Gasteiger partial charge in [-0.3, -0.25) is 4.79 Å². The van der Waals surface area contributed by atoms with Crippen LogP contribution in [-0.2, 0) is 37.5 Å². The van der Waals surface area contributed by atoms with Crippen LogP contribution in [0.25, 0.3) is 4.85 Å². The minimum absolute atomic E-state index is 0. The number of likely N-dealkylation sites (N-methyl/N-ethyl adjacent to an activating group) is 1. The van der Waals surface area contributed by atoms with Gasteiger partial charge in [0, 0.05) is 38.4 Å². The normalized spacial score (nSPS) is 12.0.